The normalized spacial score (nSPS) is 15.7. The van der Waals surface area contributed by atoms with Gasteiger partial charge in [-0.15, -0.1) is 0 Å². The fraction of sp³-hybridized carbons (Fsp3) is 0.235. The zero-order valence-corrected chi connectivity index (χ0v) is 15.4. The molecule has 1 aliphatic heterocycles. The van der Waals surface area contributed by atoms with Crippen LogP contribution in [0, 0.1) is 11.6 Å². The maximum Gasteiger partial charge on any atom is 0.250 e. The van der Waals surface area contributed by atoms with E-state index in [0.29, 0.717) is 25.1 Å². The van der Waals surface area contributed by atoms with Crippen molar-refractivity contribution in [3.8, 4) is 5.69 Å². The summed E-state index contributed by atoms with van der Waals surface area (Å²) >= 11 is 0. The van der Waals surface area contributed by atoms with Gasteiger partial charge in [0.2, 0.25) is 16.0 Å². The molecule has 11 heteroatoms. The molecule has 1 aliphatic rings. The van der Waals surface area contributed by atoms with E-state index in [0.717, 1.165) is 17.8 Å². The number of aromatic nitrogens is 4. The smallest absolute Gasteiger partial charge is 0.250 e. The second-order valence-electron chi connectivity index (χ2n) is 6.19. The summed E-state index contributed by atoms with van der Waals surface area (Å²) in [5, 5.41) is 11.8. The number of halogens is 2. The lowest BCUT2D eigenvalue weighted by Gasteiger charge is -2.34. The SMILES string of the molecule is O=S(=O)(c1ccc(F)cc1F)N1CCN(c2nnnn2-c2ccccc2)CC1. The van der Waals surface area contributed by atoms with Crippen LogP contribution in [0.25, 0.3) is 5.69 Å². The minimum absolute atomic E-state index is 0.126. The molecule has 8 nitrogen and oxygen atoms in total. The molecule has 0 spiro atoms. The summed E-state index contributed by atoms with van der Waals surface area (Å²) in [5.41, 5.74) is 0.783. The van der Waals surface area contributed by atoms with E-state index in [1.807, 2.05) is 35.2 Å². The van der Waals surface area contributed by atoms with Gasteiger partial charge < -0.3 is 4.90 Å². The van der Waals surface area contributed by atoms with E-state index in [2.05, 4.69) is 15.5 Å². The number of hydrogen-bond donors (Lipinski definition) is 0. The van der Waals surface area contributed by atoms with Gasteiger partial charge >= 0.3 is 0 Å². The van der Waals surface area contributed by atoms with Gasteiger partial charge in [-0.05, 0) is 34.7 Å². The molecule has 0 saturated carbocycles. The molecule has 0 aliphatic carbocycles. The van der Waals surface area contributed by atoms with Crippen LogP contribution < -0.4 is 4.90 Å². The Morgan fingerprint density at radius 3 is 2.32 bits per heavy atom. The van der Waals surface area contributed by atoms with E-state index >= 15 is 0 Å². The Hall–Kier alpha value is -2.92. The van der Waals surface area contributed by atoms with Crippen LogP contribution in [0.4, 0.5) is 14.7 Å². The van der Waals surface area contributed by atoms with E-state index in [9.17, 15) is 17.2 Å². The molecule has 0 amide bonds. The van der Waals surface area contributed by atoms with Gasteiger partial charge in [-0.1, -0.05) is 23.3 Å². The molecule has 3 aromatic rings. The summed E-state index contributed by atoms with van der Waals surface area (Å²) < 4.78 is 55.2. The summed E-state index contributed by atoms with van der Waals surface area (Å²) in [6.07, 6.45) is 0. The van der Waals surface area contributed by atoms with Crippen LogP contribution in [0.2, 0.25) is 0 Å². The monoisotopic (exact) mass is 406 g/mol. The highest BCUT2D eigenvalue weighted by Crippen LogP contribution is 2.23. The Bertz CT molecular complexity index is 1080. The molecule has 0 radical (unpaired) electrons. The van der Waals surface area contributed by atoms with Gasteiger partial charge in [0, 0.05) is 32.2 Å². The van der Waals surface area contributed by atoms with Crippen molar-refractivity contribution in [2.75, 3.05) is 31.1 Å². The van der Waals surface area contributed by atoms with E-state index in [1.54, 1.807) is 4.68 Å². The highest BCUT2D eigenvalue weighted by atomic mass is 32.2. The maximum atomic E-state index is 14.0. The van der Waals surface area contributed by atoms with E-state index in [1.165, 1.54) is 4.31 Å². The van der Waals surface area contributed by atoms with Crippen molar-refractivity contribution in [3.63, 3.8) is 0 Å². The Morgan fingerprint density at radius 1 is 0.929 bits per heavy atom. The van der Waals surface area contributed by atoms with E-state index in [-0.39, 0.29) is 13.1 Å². The van der Waals surface area contributed by atoms with Gasteiger partial charge in [0.05, 0.1) is 5.69 Å². The van der Waals surface area contributed by atoms with Crippen molar-refractivity contribution in [2.24, 2.45) is 0 Å². The first-order valence-electron chi connectivity index (χ1n) is 8.51. The molecule has 0 atom stereocenters. The summed E-state index contributed by atoms with van der Waals surface area (Å²) in [7, 11) is -4.06. The molecule has 0 N–H and O–H groups in total. The minimum atomic E-state index is -4.06. The standard InChI is InChI=1S/C17H16F2N6O2S/c18-13-6-7-16(15(19)12-13)28(26,27)24-10-8-23(9-11-24)17-20-21-22-25(17)14-4-2-1-3-5-14/h1-7,12H,8-11H2. The predicted molar refractivity (Wildman–Crippen MR) is 96.5 cm³/mol. The van der Waals surface area contributed by atoms with Gasteiger partial charge in [-0.2, -0.15) is 8.99 Å². The highest BCUT2D eigenvalue weighted by molar-refractivity contribution is 7.89. The molecular weight excluding hydrogens is 390 g/mol. The number of benzene rings is 2. The van der Waals surface area contributed by atoms with Gasteiger partial charge in [0.1, 0.15) is 16.5 Å². The summed E-state index contributed by atoms with van der Waals surface area (Å²) in [5.74, 6) is -1.43. The number of sulfonamides is 1. The van der Waals surface area contributed by atoms with Crippen LogP contribution in [0.15, 0.2) is 53.4 Å². The predicted octanol–water partition coefficient (Wildman–Crippen LogP) is 1.45. The van der Waals surface area contributed by atoms with Crippen LogP contribution in [0.5, 0.6) is 0 Å². The average molecular weight is 406 g/mol. The highest BCUT2D eigenvalue weighted by Gasteiger charge is 2.32. The van der Waals surface area contributed by atoms with Gasteiger partial charge in [0.25, 0.3) is 0 Å². The minimum Gasteiger partial charge on any atom is -0.337 e. The fourth-order valence-electron chi connectivity index (χ4n) is 3.07. The molecule has 1 aromatic heterocycles. The lowest BCUT2D eigenvalue weighted by Crippen LogP contribution is -2.49. The zero-order chi connectivity index (χ0) is 19.7. The fourth-order valence-corrected chi connectivity index (χ4v) is 4.54. The van der Waals surface area contributed by atoms with Crippen molar-refractivity contribution in [1.82, 2.24) is 24.5 Å². The van der Waals surface area contributed by atoms with Gasteiger partial charge in [-0.25, -0.2) is 17.2 Å². The molecule has 0 bridgehead atoms. The Labute approximate surface area is 160 Å². The summed E-state index contributed by atoms with van der Waals surface area (Å²) in [4.78, 5) is 1.33. The van der Waals surface area contributed by atoms with Crippen molar-refractivity contribution < 1.29 is 17.2 Å². The van der Waals surface area contributed by atoms with Crippen molar-refractivity contribution in [1.29, 1.82) is 0 Å². The van der Waals surface area contributed by atoms with Crippen LogP contribution >= 0.6 is 0 Å². The first kappa shape index (κ1) is 18.4. The second kappa shape index (κ2) is 7.24. The Balaban J connectivity index is 1.52. The molecule has 2 aromatic carbocycles. The van der Waals surface area contributed by atoms with Crippen LogP contribution in [0.3, 0.4) is 0 Å². The Kier molecular flexibility index (Phi) is 4.77. The molecule has 2 heterocycles. The maximum absolute atomic E-state index is 14.0. The van der Waals surface area contributed by atoms with Gasteiger partial charge in [-0.3, -0.25) is 0 Å². The Morgan fingerprint density at radius 2 is 1.64 bits per heavy atom. The lowest BCUT2D eigenvalue weighted by atomic mass is 10.3. The number of piperazine rings is 1. The summed E-state index contributed by atoms with van der Waals surface area (Å²) in [6.45, 7) is 0.909. The third-order valence-electron chi connectivity index (χ3n) is 4.49. The first-order valence-corrected chi connectivity index (χ1v) is 9.95. The molecule has 1 fully saturated rings. The molecule has 28 heavy (non-hydrogen) atoms. The zero-order valence-electron chi connectivity index (χ0n) is 14.6. The quantitative estimate of drug-likeness (QED) is 0.652. The third kappa shape index (κ3) is 3.34. The van der Waals surface area contributed by atoms with E-state index in [4.69, 9.17) is 0 Å². The number of nitrogens with zero attached hydrogens (tertiary/aromatic N) is 6. The lowest BCUT2D eigenvalue weighted by molar-refractivity contribution is 0.379. The average Bonchev–Trinajstić information content (AvgIpc) is 3.18. The van der Waals surface area contributed by atoms with Crippen LogP contribution in [-0.4, -0.2) is 59.1 Å². The molecular formula is C17H16F2N6O2S. The number of anilines is 1. The van der Waals surface area contributed by atoms with E-state index < -0.39 is 26.6 Å². The van der Waals surface area contributed by atoms with Crippen LogP contribution in [-0.2, 0) is 10.0 Å². The van der Waals surface area contributed by atoms with Gasteiger partial charge in [0.15, 0.2) is 0 Å². The number of rotatable bonds is 4. The van der Waals surface area contributed by atoms with Crippen molar-refractivity contribution in [2.45, 2.75) is 4.90 Å². The summed E-state index contributed by atoms with van der Waals surface area (Å²) in [6, 6.07) is 11.8. The molecule has 1 saturated heterocycles. The topological polar surface area (TPSA) is 84.2 Å². The third-order valence-corrected chi connectivity index (χ3v) is 6.42. The molecule has 4 rings (SSSR count). The van der Waals surface area contributed by atoms with Crippen molar-refractivity contribution >= 4 is 16.0 Å². The van der Waals surface area contributed by atoms with Crippen molar-refractivity contribution in [3.05, 3.63) is 60.2 Å². The number of hydrogen-bond acceptors (Lipinski definition) is 6. The number of tetrazole rings is 1. The molecule has 146 valence electrons. The first-order chi connectivity index (χ1) is 13.5. The van der Waals surface area contributed by atoms with Crippen LogP contribution in [0.1, 0.15) is 0 Å². The molecule has 0 unspecified atom stereocenters. The largest absolute Gasteiger partial charge is 0.337 e. The number of para-hydroxylation sites is 1. The second-order valence-corrected chi connectivity index (χ2v) is 8.10.